The van der Waals surface area contributed by atoms with Gasteiger partial charge in [-0.05, 0) is 18.2 Å². The number of carbonyl (C=O) groups is 2. The fraction of sp³-hybridized carbons (Fsp3) is 0.273. The van der Waals surface area contributed by atoms with Crippen LogP contribution in [0.4, 0.5) is 0 Å². The summed E-state index contributed by atoms with van der Waals surface area (Å²) >= 11 is 4.77. The summed E-state index contributed by atoms with van der Waals surface area (Å²) in [5, 5.41) is 0. The maximum absolute atomic E-state index is 10.9. The molecule has 0 aliphatic carbocycles. The van der Waals surface area contributed by atoms with Gasteiger partial charge in [0.25, 0.3) is 0 Å². The van der Waals surface area contributed by atoms with Crippen LogP contribution in [-0.2, 0) is 9.53 Å². The van der Waals surface area contributed by atoms with E-state index in [9.17, 15) is 9.59 Å². The maximum atomic E-state index is 10.9. The van der Waals surface area contributed by atoms with Crippen LogP contribution in [0.1, 0.15) is 16.8 Å². The number of benzene rings is 1. The van der Waals surface area contributed by atoms with Crippen LogP contribution in [-0.4, -0.2) is 25.1 Å². The highest BCUT2D eigenvalue weighted by atomic mass is 79.9. The Kier molecular flexibility index (Phi) is 5.55. The van der Waals surface area contributed by atoms with Crippen LogP contribution in [0.25, 0.3) is 0 Å². The highest BCUT2D eigenvalue weighted by Gasteiger charge is 2.05. The first-order valence-corrected chi connectivity index (χ1v) is 6.39. The molecule has 0 bridgehead atoms. The molecule has 0 fully saturated rings. The molecule has 0 unspecified atom stereocenters. The summed E-state index contributed by atoms with van der Waals surface area (Å²) < 4.78 is 5.40. The van der Waals surface area contributed by atoms with E-state index >= 15 is 0 Å². The highest BCUT2D eigenvalue weighted by Crippen LogP contribution is 2.25. The first-order valence-electron chi connectivity index (χ1n) is 4.61. The van der Waals surface area contributed by atoms with Gasteiger partial charge in [-0.1, -0.05) is 15.9 Å². The summed E-state index contributed by atoms with van der Waals surface area (Å²) in [6.45, 7) is 0. The number of hydrogen-bond donors (Lipinski definition) is 0. The third-order valence-electron chi connectivity index (χ3n) is 1.89. The molecule has 0 amide bonds. The lowest BCUT2D eigenvalue weighted by Crippen LogP contribution is -2.01. The summed E-state index contributed by atoms with van der Waals surface area (Å²) in [6.07, 6.45) is 1.15. The van der Waals surface area contributed by atoms with E-state index in [1.165, 1.54) is 18.9 Å². The van der Waals surface area contributed by atoms with E-state index in [2.05, 4.69) is 20.7 Å². The third-order valence-corrected chi connectivity index (χ3v) is 3.47. The molecule has 86 valence electrons. The lowest BCUT2D eigenvalue weighted by atomic mass is 10.2. The predicted molar refractivity (Wildman–Crippen MR) is 66.9 cm³/mol. The molecule has 0 saturated carbocycles. The number of aldehydes is 1. The lowest BCUT2D eigenvalue weighted by Gasteiger charge is -2.04. The van der Waals surface area contributed by atoms with Crippen molar-refractivity contribution in [1.29, 1.82) is 0 Å². The van der Waals surface area contributed by atoms with Gasteiger partial charge < -0.3 is 4.74 Å². The van der Waals surface area contributed by atoms with Gasteiger partial charge in [-0.3, -0.25) is 9.59 Å². The molecule has 0 atom stereocenters. The summed E-state index contributed by atoms with van der Waals surface area (Å²) in [5.41, 5.74) is 0.629. The van der Waals surface area contributed by atoms with Crippen molar-refractivity contribution in [3.63, 3.8) is 0 Å². The second-order valence-corrected chi connectivity index (χ2v) is 5.03. The summed E-state index contributed by atoms with van der Waals surface area (Å²) in [6, 6.07) is 5.48. The lowest BCUT2D eigenvalue weighted by molar-refractivity contribution is -0.140. The van der Waals surface area contributed by atoms with E-state index in [-0.39, 0.29) is 5.97 Å². The van der Waals surface area contributed by atoms with Crippen LogP contribution >= 0.6 is 27.7 Å². The van der Waals surface area contributed by atoms with E-state index < -0.39 is 0 Å². The number of rotatable bonds is 5. The normalized spacial score (nSPS) is 9.88. The Bertz CT molecular complexity index is 393. The molecule has 1 aromatic carbocycles. The van der Waals surface area contributed by atoms with E-state index in [1.54, 1.807) is 6.07 Å². The molecule has 1 rings (SSSR count). The number of ether oxygens (including phenoxy) is 1. The van der Waals surface area contributed by atoms with Gasteiger partial charge in [-0.2, -0.15) is 0 Å². The first-order chi connectivity index (χ1) is 7.67. The minimum atomic E-state index is -0.239. The van der Waals surface area contributed by atoms with E-state index in [1.807, 2.05) is 12.1 Å². The minimum Gasteiger partial charge on any atom is -0.469 e. The molecule has 3 nitrogen and oxygen atoms in total. The Balaban J connectivity index is 2.60. The predicted octanol–water partition coefficient (Wildman–Crippen LogP) is 2.92. The average Bonchev–Trinajstić information content (AvgIpc) is 2.30. The standard InChI is InChI=1S/C11H11BrO3S/c1-15-11(14)4-5-16-10-3-2-9(12)6-8(10)7-13/h2-3,6-7H,4-5H2,1H3. The first kappa shape index (κ1) is 13.3. The van der Waals surface area contributed by atoms with Crippen LogP contribution in [0.2, 0.25) is 0 Å². The van der Waals surface area contributed by atoms with Crippen molar-refractivity contribution < 1.29 is 14.3 Å². The second kappa shape index (κ2) is 6.70. The topological polar surface area (TPSA) is 43.4 Å². The zero-order chi connectivity index (χ0) is 12.0. The van der Waals surface area contributed by atoms with Crippen LogP contribution in [0.3, 0.4) is 0 Å². The number of halogens is 1. The Morgan fingerprint density at radius 3 is 2.94 bits per heavy atom. The number of hydrogen-bond acceptors (Lipinski definition) is 4. The van der Waals surface area contributed by atoms with Gasteiger partial charge in [0.05, 0.1) is 13.5 Å². The molecule has 0 radical (unpaired) electrons. The molecule has 0 spiro atoms. The van der Waals surface area contributed by atoms with Gasteiger partial charge in [-0.25, -0.2) is 0 Å². The molecule has 1 aromatic rings. The monoisotopic (exact) mass is 302 g/mol. The molecular weight excluding hydrogens is 292 g/mol. The molecule has 0 aliphatic heterocycles. The van der Waals surface area contributed by atoms with Crippen LogP contribution < -0.4 is 0 Å². The van der Waals surface area contributed by atoms with Crippen LogP contribution in [0.15, 0.2) is 27.6 Å². The largest absolute Gasteiger partial charge is 0.469 e. The van der Waals surface area contributed by atoms with Crippen molar-refractivity contribution >= 4 is 39.9 Å². The van der Waals surface area contributed by atoms with Crippen LogP contribution in [0.5, 0.6) is 0 Å². The molecule has 0 saturated heterocycles. The zero-order valence-electron chi connectivity index (χ0n) is 8.73. The van der Waals surface area contributed by atoms with Crippen molar-refractivity contribution in [2.24, 2.45) is 0 Å². The molecule has 5 heteroatoms. The van der Waals surface area contributed by atoms with E-state index in [0.29, 0.717) is 17.7 Å². The van der Waals surface area contributed by atoms with Crippen molar-refractivity contribution in [2.75, 3.05) is 12.9 Å². The van der Waals surface area contributed by atoms with Gasteiger partial charge in [0.15, 0.2) is 6.29 Å². The molecule has 0 aromatic heterocycles. The van der Waals surface area contributed by atoms with Crippen LogP contribution in [0, 0.1) is 0 Å². The summed E-state index contributed by atoms with van der Waals surface area (Å²) in [4.78, 5) is 22.6. The zero-order valence-corrected chi connectivity index (χ0v) is 11.1. The Morgan fingerprint density at radius 1 is 1.56 bits per heavy atom. The minimum absolute atomic E-state index is 0.239. The maximum Gasteiger partial charge on any atom is 0.306 e. The fourth-order valence-corrected chi connectivity index (χ4v) is 2.39. The highest BCUT2D eigenvalue weighted by molar-refractivity contribution is 9.10. The van der Waals surface area contributed by atoms with Crippen molar-refractivity contribution in [2.45, 2.75) is 11.3 Å². The number of methoxy groups -OCH3 is 1. The number of carbonyl (C=O) groups excluding carboxylic acids is 2. The van der Waals surface area contributed by atoms with Gasteiger partial charge in [0.2, 0.25) is 0 Å². The fourth-order valence-electron chi connectivity index (χ4n) is 1.09. The van der Waals surface area contributed by atoms with E-state index in [0.717, 1.165) is 15.7 Å². The molecular formula is C11H11BrO3S. The van der Waals surface area contributed by atoms with Crippen molar-refractivity contribution in [3.8, 4) is 0 Å². The summed E-state index contributed by atoms with van der Waals surface area (Å²) in [7, 11) is 1.36. The van der Waals surface area contributed by atoms with Crippen molar-refractivity contribution in [1.82, 2.24) is 0 Å². The van der Waals surface area contributed by atoms with Crippen molar-refractivity contribution in [3.05, 3.63) is 28.2 Å². The molecule has 0 N–H and O–H groups in total. The van der Waals surface area contributed by atoms with Gasteiger partial charge in [-0.15, -0.1) is 11.8 Å². The molecule has 0 aliphatic rings. The summed E-state index contributed by atoms with van der Waals surface area (Å²) in [5.74, 6) is 0.368. The Hall–Kier alpha value is -0.810. The second-order valence-electron chi connectivity index (χ2n) is 2.97. The van der Waals surface area contributed by atoms with Gasteiger partial charge in [0, 0.05) is 20.7 Å². The Morgan fingerprint density at radius 2 is 2.31 bits per heavy atom. The number of esters is 1. The SMILES string of the molecule is COC(=O)CCSc1ccc(Br)cc1C=O. The quantitative estimate of drug-likeness (QED) is 0.476. The third kappa shape index (κ3) is 3.98. The van der Waals surface area contributed by atoms with Gasteiger partial charge >= 0.3 is 5.97 Å². The average molecular weight is 303 g/mol. The van der Waals surface area contributed by atoms with E-state index in [4.69, 9.17) is 0 Å². The number of thioether (sulfide) groups is 1. The van der Waals surface area contributed by atoms with Gasteiger partial charge in [0.1, 0.15) is 0 Å². The smallest absolute Gasteiger partial charge is 0.306 e. The molecule has 16 heavy (non-hydrogen) atoms. The Labute approximate surface area is 107 Å². The molecule has 0 heterocycles.